The van der Waals surface area contributed by atoms with E-state index in [0.717, 1.165) is 12.8 Å². The van der Waals surface area contributed by atoms with E-state index in [-0.39, 0.29) is 25.1 Å². The standard InChI is InChI=1S/C12H22O4/c1-8(2)4-3-5-10(14)11-9(6-13)7-16-12(11)15/h8-11,13-14H,3-7H2,1-2H3/t9-,10+,11+/m1/s1. The molecule has 3 atom stereocenters. The summed E-state index contributed by atoms with van der Waals surface area (Å²) in [5.74, 6) is -0.522. The minimum Gasteiger partial charge on any atom is -0.465 e. The Balaban J connectivity index is 2.39. The zero-order chi connectivity index (χ0) is 12.1. The lowest BCUT2D eigenvalue weighted by Gasteiger charge is -2.19. The van der Waals surface area contributed by atoms with Gasteiger partial charge in [0.1, 0.15) is 0 Å². The summed E-state index contributed by atoms with van der Waals surface area (Å²) in [6, 6.07) is 0. The SMILES string of the molecule is CC(C)CCC[C@H](O)[C@H]1C(=O)OC[C@H]1CO. The number of carbonyl (C=O) groups excluding carboxylic acids is 1. The fourth-order valence-electron chi connectivity index (χ4n) is 2.13. The number of cyclic esters (lactones) is 1. The average molecular weight is 230 g/mol. The van der Waals surface area contributed by atoms with Gasteiger partial charge in [-0.2, -0.15) is 0 Å². The molecule has 2 N–H and O–H groups in total. The lowest BCUT2D eigenvalue weighted by atomic mass is 9.87. The van der Waals surface area contributed by atoms with Crippen LogP contribution in [0, 0.1) is 17.8 Å². The zero-order valence-corrected chi connectivity index (χ0v) is 10.1. The average Bonchev–Trinajstić information content (AvgIpc) is 2.58. The van der Waals surface area contributed by atoms with Crippen LogP contribution in [0.5, 0.6) is 0 Å². The number of aliphatic hydroxyl groups excluding tert-OH is 2. The van der Waals surface area contributed by atoms with Gasteiger partial charge in [0.05, 0.1) is 25.2 Å². The van der Waals surface area contributed by atoms with Crippen molar-refractivity contribution in [3.8, 4) is 0 Å². The largest absolute Gasteiger partial charge is 0.465 e. The van der Waals surface area contributed by atoms with Gasteiger partial charge in [-0.05, 0) is 12.3 Å². The van der Waals surface area contributed by atoms with Crippen molar-refractivity contribution >= 4 is 5.97 Å². The molecule has 0 aromatic rings. The van der Waals surface area contributed by atoms with Gasteiger partial charge in [-0.25, -0.2) is 0 Å². The number of carbonyl (C=O) groups is 1. The second kappa shape index (κ2) is 6.21. The van der Waals surface area contributed by atoms with Crippen LogP contribution in [0.3, 0.4) is 0 Å². The Labute approximate surface area is 96.6 Å². The third-order valence-corrected chi connectivity index (χ3v) is 3.15. The lowest BCUT2D eigenvalue weighted by Crippen LogP contribution is -2.31. The fourth-order valence-corrected chi connectivity index (χ4v) is 2.13. The first-order valence-corrected chi connectivity index (χ1v) is 6.01. The Bertz CT molecular complexity index is 227. The highest BCUT2D eigenvalue weighted by Crippen LogP contribution is 2.27. The monoisotopic (exact) mass is 230 g/mol. The smallest absolute Gasteiger partial charge is 0.312 e. The highest BCUT2D eigenvalue weighted by Gasteiger charge is 2.41. The number of esters is 1. The fraction of sp³-hybridized carbons (Fsp3) is 0.917. The Hall–Kier alpha value is -0.610. The summed E-state index contributed by atoms with van der Waals surface area (Å²) in [6.07, 6.45) is 1.88. The molecule has 16 heavy (non-hydrogen) atoms. The third kappa shape index (κ3) is 3.46. The van der Waals surface area contributed by atoms with Crippen molar-refractivity contribution in [2.45, 2.75) is 39.2 Å². The molecule has 94 valence electrons. The van der Waals surface area contributed by atoms with Gasteiger partial charge in [0.15, 0.2) is 0 Å². The van der Waals surface area contributed by atoms with Crippen molar-refractivity contribution in [3.63, 3.8) is 0 Å². The van der Waals surface area contributed by atoms with Crippen LogP contribution in [0.25, 0.3) is 0 Å². The molecule has 1 aliphatic rings. The maximum atomic E-state index is 11.4. The van der Waals surface area contributed by atoms with E-state index in [1.807, 2.05) is 0 Å². The van der Waals surface area contributed by atoms with Gasteiger partial charge in [0.25, 0.3) is 0 Å². The molecular formula is C12H22O4. The maximum absolute atomic E-state index is 11.4. The predicted molar refractivity (Wildman–Crippen MR) is 59.7 cm³/mol. The van der Waals surface area contributed by atoms with E-state index in [2.05, 4.69) is 13.8 Å². The molecule has 0 radical (unpaired) electrons. The van der Waals surface area contributed by atoms with E-state index in [1.165, 1.54) is 0 Å². The van der Waals surface area contributed by atoms with Crippen LogP contribution in [-0.2, 0) is 9.53 Å². The molecule has 4 nitrogen and oxygen atoms in total. The molecule has 1 heterocycles. The first kappa shape index (κ1) is 13.5. The molecule has 0 amide bonds. The number of ether oxygens (including phenoxy) is 1. The second-order valence-corrected chi connectivity index (χ2v) is 4.99. The molecular weight excluding hydrogens is 208 g/mol. The predicted octanol–water partition coefficient (Wildman–Crippen LogP) is 0.955. The number of hydrogen-bond donors (Lipinski definition) is 2. The summed E-state index contributed by atoms with van der Waals surface area (Å²) in [5, 5.41) is 19.0. The molecule has 0 saturated carbocycles. The van der Waals surface area contributed by atoms with Crippen molar-refractivity contribution in [2.24, 2.45) is 17.8 Å². The summed E-state index contributed by atoms with van der Waals surface area (Å²) in [6.45, 7) is 4.40. The third-order valence-electron chi connectivity index (χ3n) is 3.15. The maximum Gasteiger partial charge on any atom is 0.312 e. The van der Waals surface area contributed by atoms with Crippen LogP contribution < -0.4 is 0 Å². The van der Waals surface area contributed by atoms with Gasteiger partial charge in [-0.15, -0.1) is 0 Å². The molecule has 1 fully saturated rings. The molecule has 1 saturated heterocycles. The number of rotatable bonds is 6. The molecule has 0 aromatic heterocycles. The summed E-state index contributed by atoms with van der Waals surface area (Å²) in [7, 11) is 0. The van der Waals surface area contributed by atoms with Crippen molar-refractivity contribution in [1.82, 2.24) is 0 Å². The first-order valence-electron chi connectivity index (χ1n) is 6.01. The van der Waals surface area contributed by atoms with Gasteiger partial charge < -0.3 is 14.9 Å². The highest BCUT2D eigenvalue weighted by molar-refractivity contribution is 5.75. The summed E-state index contributed by atoms with van der Waals surface area (Å²) in [4.78, 5) is 11.4. The van der Waals surface area contributed by atoms with E-state index in [1.54, 1.807) is 0 Å². The van der Waals surface area contributed by atoms with E-state index >= 15 is 0 Å². The Kier molecular flexibility index (Phi) is 5.22. The summed E-state index contributed by atoms with van der Waals surface area (Å²) >= 11 is 0. The van der Waals surface area contributed by atoms with Gasteiger partial charge in [0.2, 0.25) is 0 Å². The molecule has 1 aliphatic heterocycles. The molecule has 0 unspecified atom stereocenters. The van der Waals surface area contributed by atoms with Crippen LogP contribution >= 0.6 is 0 Å². The molecule has 0 aliphatic carbocycles. The molecule has 1 rings (SSSR count). The van der Waals surface area contributed by atoms with Crippen LogP contribution in [-0.4, -0.2) is 35.5 Å². The Morgan fingerprint density at radius 1 is 1.44 bits per heavy atom. The van der Waals surface area contributed by atoms with E-state index in [0.29, 0.717) is 12.3 Å². The first-order chi connectivity index (χ1) is 7.56. The van der Waals surface area contributed by atoms with Crippen LogP contribution in [0.1, 0.15) is 33.1 Å². The Morgan fingerprint density at radius 2 is 2.12 bits per heavy atom. The topological polar surface area (TPSA) is 66.8 Å². The van der Waals surface area contributed by atoms with Crippen LogP contribution in [0.15, 0.2) is 0 Å². The van der Waals surface area contributed by atoms with Gasteiger partial charge in [0, 0.05) is 5.92 Å². The molecule has 4 heteroatoms. The normalized spacial score (nSPS) is 27.2. The molecule has 0 aromatic carbocycles. The van der Waals surface area contributed by atoms with Gasteiger partial charge in [-0.3, -0.25) is 4.79 Å². The van der Waals surface area contributed by atoms with E-state index < -0.39 is 12.0 Å². The van der Waals surface area contributed by atoms with Crippen molar-refractivity contribution < 1.29 is 19.7 Å². The van der Waals surface area contributed by atoms with Crippen molar-refractivity contribution in [2.75, 3.05) is 13.2 Å². The van der Waals surface area contributed by atoms with Crippen molar-refractivity contribution in [1.29, 1.82) is 0 Å². The zero-order valence-electron chi connectivity index (χ0n) is 10.1. The minimum absolute atomic E-state index is 0.0996. The van der Waals surface area contributed by atoms with E-state index in [4.69, 9.17) is 9.84 Å². The van der Waals surface area contributed by atoms with Crippen LogP contribution in [0.2, 0.25) is 0 Å². The lowest BCUT2D eigenvalue weighted by molar-refractivity contribution is -0.144. The van der Waals surface area contributed by atoms with Gasteiger partial charge in [-0.1, -0.05) is 26.7 Å². The number of hydrogen-bond acceptors (Lipinski definition) is 4. The van der Waals surface area contributed by atoms with Crippen LogP contribution in [0.4, 0.5) is 0 Å². The van der Waals surface area contributed by atoms with Crippen molar-refractivity contribution in [3.05, 3.63) is 0 Å². The van der Waals surface area contributed by atoms with Gasteiger partial charge >= 0.3 is 5.97 Å². The molecule has 0 bridgehead atoms. The Morgan fingerprint density at radius 3 is 2.69 bits per heavy atom. The number of aliphatic hydroxyl groups is 2. The summed E-state index contributed by atoms with van der Waals surface area (Å²) < 4.78 is 4.86. The summed E-state index contributed by atoms with van der Waals surface area (Å²) in [5.41, 5.74) is 0. The highest BCUT2D eigenvalue weighted by atomic mass is 16.5. The van der Waals surface area contributed by atoms with E-state index in [9.17, 15) is 9.90 Å². The second-order valence-electron chi connectivity index (χ2n) is 4.99. The molecule has 0 spiro atoms. The quantitative estimate of drug-likeness (QED) is 0.667. The minimum atomic E-state index is -0.675.